The zero-order valence-corrected chi connectivity index (χ0v) is 21.3. The molecule has 1 aliphatic rings. The molecule has 2 aromatic carbocycles. The van der Waals surface area contributed by atoms with Gasteiger partial charge in [0.15, 0.2) is 0 Å². The minimum absolute atomic E-state index is 0.0714. The third kappa shape index (κ3) is 6.97. The van der Waals surface area contributed by atoms with Crippen molar-refractivity contribution in [3.63, 3.8) is 0 Å². The predicted molar refractivity (Wildman–Crippen MR) is 136 cm³/mol. The van der Waals surface area contributed by atoms with Crippen LogP contribution in [0.4, 0.5) is 0 Å². The topological polar surface area (TPSA) is 49.4 Å². The number of rotatable bonds is 8. The fraction of sp³-hybridized carbons (Fsp3) is 0.481. The molecule has 3 rings (SSSR count). The maximum absolute atomic E-state index is 13.5. The number of nitrogens with one attached hydrogen (secondary N) is 1. The van der Waals surface area contributed by atoms with E-state index < -0.39 is 6.04 Å². The number of hydrogen-bond acceptors (Lipinski definition) is 2. The molecule has 178 valence electrons. The Kier molecular flexibility index (Phi) is 9.22. The Labute approximate surface area is 207 Å². The summed E-state index contributed by atoms with van der Waals surface area (Å²) in [5.74, 6) is -0.145. The van der Waals surface area contributed by atoms with Gasteiger partial charge >= 0.3 is 0 Å². The molecule has 1 fully saturated rings. The van der Waals surface area contributed by atoms with Crippen molar-refractivity contribution in [2.75, 3.05) is 0 Å². The first kappa shape index (κ1) is 25.6. The molecular weight excluding hydrogens is 455 g/mol. The van der Waals surface area contributed by atoms with Crippen LogP contribution in [-0.4, -0.2) is 28.8 Å². The van der Waals surface area contributed by atoms with E-state index in [9.17, 15) is 9.59 Å². The molecule has 6 heteroatoms. The van der Waals surface area contributed by atoms with Gasteiger partial charge < -0.3 is 10.2 Å². The van der Waals surface area contributed by atoms with Gasteiger partial charge in [0.05, 0.1) is 16.5 Å². The summed E-state index contributed by atoms with van der Waals surface area (Å²) in [7, 11) is 0. The monoisotopic (exact) mass is 488 g/mol. The average Bonchev–Trinajstić information content (AvgIpc) is 2.79. The molecule has 0 radical (unpaired) electrons. The van der Waals surface area contributed by atoms with Crippen LogP contribution >= 0.6 is 23.2 Å². The minimum atomic E-state index is -0.541. The van der Waals surface area contributed by atoms with Crippen molar-refractivity contribution in [3.8, 4) is 0 Å². The van der Waals surface area contributed by atoms with Crippen LogP contribution in [0, 0.1) is 13.8 Å². The van der Waals surface area contributed by atoms with Gasteiger partial charge in [-0.2, -0.15) is 0 Å². The van der Waals surface area contributed by atoms with Crippen LogP contribution in [0.25, 0.3) is 0 Å². The van der Waals surface area contributed by atoms with Gasteiger partial charge in [-0.25, -0.2) is 0 Å². The maximum Gasteiger partial charge on any atom is 0.243 e. The van der Waals surface area contributed by atoms with E-state index in [1.54, 1.807) is 17.0 Å². The lowest BCUT2D eigenvalue weighted by Crippen LogP contribution is -2.51. The molecule has 4 nitrogen and oxygen atoms in total. The van der Waals surface area contributed by atoms with Crippen LogP contribution in [-0.2, 0) is 22.6 Å². The first-order valence-electron chi connectivity index (χ1n) is 11.9. The van der Waals surface area contributed by atoms with Gasteiger partial charge in [0, 0.05) is 12.6 Å². The fourth-order valence-corrected chi connectivity index (χ4v) is 4.81. The van der Waals surface area contributed by atoms with E-state index in [-0.39, 0.29) is 24.3 Å². The van der Waals surface area contributed by atoms with Crippen molar-refractivity contribution in [1.29, 1.82) is 0 Å². The molecule has 1 saturated carbocycles. The second-order valence-electron chi connectivity index (χ2n) is 9.13. The summed E-state index contributed by atoms with van der Waals surface area (Å²) in [6.45, 7) is 6.36. The minimum Gasteiger partial charge on any atom is -0.352 e. The largest absolute Gasteiger partial charge is 0.352 e. The van der Waals surface area contributed by atoms with Gasteiger partial charge in [0.2, 0.25) is 11.8 Å². The first-order chi connectivity index (χ1) is 15.8. The Morgan fingerprint density at radius 1 is 0.970 bits per heavy atom. The number of benzene rings is 2. The lowest BCUT2D eigenvalue weighted by atomic mass is 9.95. The summed E-state index contributed by atoms with van der Waals surface area (Å²) in [5.41, 5.74) is 4.14. The third-order valence-electron chi connectivity index (χ3n) is 6.60. The molecule has 0 unspecified atom stereocenters. The van der Waals surface area contributed by atoms with Gasteiger partial charge in [-0.05, 0) is 67.5 Å². The Morgan fingerprint density at radius 3 is 2.30 bits per heavy atom. The molecule has 2 aromatic rings. The van der Waals surface area contributed by atoms with Crippen molar-refractivity contribution in [1.82, 2.24) is 10.2 Å². The van der Waals surface area contributed by atoms with Gasteiger partial charge in [-0.1, -0.05) is 73.7 Å². The Bertz CT molecular complexity index is 986. The first-order valence-corrected chi connectivity index (χ1v) is 12.6. The van der Waals surface area contributed by atoms with E-state index in [4.69, 9.17) is 23.2 Å². The van der Waals surface area contributed by atoms with Crippen LogP contribution in [0.1, 0.15) is 67.7 Å². The molecule has 0 heterocycles. The highest BCUT2D eigenvalue weighted by atomic mass is 35.5. The van der Waals surface area contributed by atoms with Crippen LogP contribution in [0.5, 0.6) is 0 Å². The van der Waals surface area contributed by atoms with E-state index >= 15 is 0 Å². The van der Waals surface area contributed by atoms with Gasteiger partial charge in [-0.15, -0.1) is 0 Å². The molecule has 0 aromatic heterocycles. The zero-order valence-electron chi connectivity index (χ0n) is 19.8. The quantitative estimate of drug-likeness (QED) is 0.466. The van der Waals surface area contributed by atoms with E-state index in [2.05, 4.69) is 12.2 Å². The molecule has 0 bridgehead atoms. The standard InChI is InChI=1S/C27H34Cl2N2O2/c1-4-25(27(33)30-22-8-6-5-7-9-22)31(17-21-12-13-23(28)24(29)15-21)26(32)16-20-11-10-18(2)19(3)14-20/h10-15,22,25H,4-9,16-17H2,1-3H3,(H,30,33)/t25-/m0/s1. The second kappa shape index (κ2) is 11.9. The maximum atomic E-state index is 13.5. The molecule has 33 heavy (non-hydrogen) atoms. The summed E-state index contributed by atoms with van der Waals surface area (Å²) in [6, 6.07) is 11.1. The zero-order chi connectivity index (χ0) is 24.0. The van der Waals surface area contributed by atoms with Crippen LogP contribution < -0.4 is 5.32 Å². The Hall–Kier alpha value is -2.04. The Balaban J connectivity index is 1.84. The number of halogens is 2. The lowest BCUT2D eigenvalue weighted by molar-refractivity contribution is -0.141. The van der Waals surface area contributed by atoms with Crippen molar-refractivity contribution in [2.45, 2.75) is 84.3 Å². The number of carbonyl (C=O) groups is 2. The molecule has 1 N–H and O–H groups in total. The van der Waals surface area contributed by atoms with Crippen molar-refractivity contribution >= 4 is 35.0 Å². The Morgan fingerprint density at radius 2 is 1.67 bits per heavy atom. The number of amides is 2. The van der Waals surface area contributed by atoms with E-state index in [1.165, 1.54) is 12.0 Å². The van der Waals surface area contributed by atoms with E-state index in [0.717, 1.165) is 42.4 Å². The predicted octanol–water partition coefficient (Wildman–Crippen LogP) is 6.41. The van der Waals surface area contributed by atoms with Crippen LogP contribution in [0.3, 0.4) is 0 Å². The molecule has 0 spiro atoms. The van der Waals surface area contributed by atoms with Crippen LogP contribution in [0.2, 0.25) is 10.0 Å². The molecule has 0 aliphatic heterocycles. The van der Waals surface area contributed by atoms with E-state index in [0.29, 0.717) is 23.0 Å². The third-order valence-corrected chi connectivity index (χ3v) is 7.34. The van der Waals surface area contributed by atoms with E-state index in [1.807, 2.05) is 38.1 Å². The number of nitrogens with zero attached hydrogens (tertiary/aromatic N) is 1. The van der Waals surface area contributed by atoms with Gasteiger partial charge in [0.1, 0.15) is 6.04 Å². The number of carbonyl (C=O) groups excluding carboxylic acids is 2. The molecule has 0 saturated heterocycles. The average molecular weight is 489 g/mol. The highest BCUT2D eigenvalue weighted by molar-refractivity contribution is 6.42. The molecular formula is C27H34Cl2N2O2. The summed E-state index contributed by atoms with van der Waals surface area (Å²) in [5, 5.41) is 4.12. The summed E-state index contributed by atoms with van der Waals surface area (Å²) in [4.78, 5) is 28.5. The SMILES string of the molecule is CC[C@@H](C(=O)NC1CCCCC1)N(Cc1ccc(Cl)c(Cl)c1)C(=O)Cc1ccc(C)c(C)c1. The number of hydrogen-bond donors (Lipinski definition) is 1. The van der Waals surface area contributed by atoms with Gasteiger partial charge in [0.25, 0.3) is 0 Å². The summed E-state index contributed by atoms with van der Waals surface area (Å²) in [6.07, 6.45) is 6.30. The summed E-state index contributed by atoms with van der Waals surface area (Å²) >= 11 is 12.3. The van der Waals surface area contributed by atoms with Crippen molar-refractivity contribution < 1.29 is 9.59 Å². The highest BCUT2D eigenvalue weighted by Gasteiger charge is 2.30. The van der Waals surface area contributed by atoms with Crippen LogP contribution in [0.15, 0.2) is 36.4 Å². The van der Waals surface area contributed by atoms with Crippen molar-refractivity contribution in [2.24, 2.45) is 0 Å². The normalized spacial score (nSPS) is 15.2. The smallest absolute Gasteiger partial charge is 0.243 e. The molecule has 2 amide bonds. The van der Waals surface area contributed by atoms with Gasteiger partial charge in [-0.3, -0.25) is 9.59 Å². The van der Waals surface area contributed by atoms with Crippen molar-refractivity contribution in [3.05, 3.63) is 68.7 Å². The molecule has 1 atom stereocenters. The summed E-state index contributed by atoms with van der Waals surface area (Å²) < 4.78 is 0. The fourth-order valence-electron chi connectivity index (χ4n) is 4.49. The lowest BCUT2D eigenvalue weighted by Gasteiger charge is -2.33. The molecule has 1 aliphatic carbocycles. The highest BCUT2D eigenvalue weighted by Crippen LogP contribution is 2.25. The second-order valence-corrected chi connectivity index (χ2v) is 9.95. The number of aryl methyl sites for hydroxylation is 2.